The van der Waals surface area contributed by atoms with E-state index in [0.29, 0.717) is 12.0 Å². The fourth-order valence-electron chi connectivity index (χ4n) is 3.45. The van der Waals surface area contributed by atoms with E-state index in [-0.39, 0.29) is 12.6 Å². The summed E-state index contributed by atoms with van der Waals surface area (Å²) in [6.45, 7) is 0.862. The van der Waals surface area contributed by atoms with Crippen molar-refractivity contribution in [2.45, 2.75) is 24.5 Å². The number of esters is 1. The first-order chi connectivity index (χ1) is 9.55. The topological polar surface area (TPSA) is 65.4 Å². The molecule has 0 aromatic carbocycles. The van der Waals surface area contributed by atoms with Crippen LogP contribution in [0, 0.1) is 5.92 Å². The molecular weight excluding hydrogens is 326 g/mol. The van der Waals surface area contributed by atoms with E-state index in [4.69, 9.17) is 9.47 Å². The number of fused-ring (bicyclic) bond motifs is 2. The number of imidazole rings is 1. The standard InChI is InChI=1S/C13H18BrN3O3/c1-17-6-10(14)16-12(17)13(20-7-11(18)19-2)4-9-3-8(13)5-15-9/h6,8-9,15H,3-5,7H2,1-2H3. The molecule has 2 heterocycles. The molecule has 3 atom stereocenters. The molecule has 1 aliphatic carbocycles. The molecule has 0 amide bonds. The number of piperidine rings is 1. The molecule has 1 aliphatic heterocycles. The van der Waals surface area contributed by atoms with Gasteiger partial charge in [-0.3, -0.25) is 0 Å². The van der Waals surface area contributed by atoms with Crippen molar-refractivity contribution in [3.8, 4) is 0 Å². The van der Waals surface area contributed by atoms with Gasteiger partial charge in [0.1, 0.15) is 22.6 Å². The molecule has 2 aliphatic rings. The minimum absolute atomic E-state index is 0.0375. The average Bonchev–Trinajstić information content (AvgIpc) is 3.10. The van der Waals surface area contributed by atoms with Gasteiger partial charge in [0.05, 0.1) is 7.11 Å². The summed E-state index contributed by atoms with van der Waals surface area (Å²) in [4.78, 5) is 16.0. The third-order valence-corrected chi connectivity index (χ3v) is 4.71. The van der Waals surface area contributed by atoms with Crippen molar-refractivity contribution in [1.29, 1.82) is 0 Å². The Morgan fingerprint density at radius 1 is 1.70 bits per heavy atom. The van der Waals surface area contributed by atoms with E-state index in [1.807, 2.05) is 17.8 Å². The van der Waals surface area contributed by atoms with Gasteiger partial charge in [-0.05, 0) is 28.8 Å². The van der Waals surface area contributed by atoms with Gasteiger partial charge < -0.3 is 19.4 Å². The van der Waals surface area contributed by atoms with Gasteiger partial charge in [0, 0.05) is 31.7 Å². The molecule has 1 aromatic heterocycles. The van der Waals surface area contributed by atoms with Crippen LogP contribution in [0.25, 0.3) is 0 Å². The molecule has 3 unspecified atom stereocenters. The molecule has 20 heavy (non-hydrogen) atoms. The lowest BCUT2D eigenvalue weighted by Crippen LogP contribution is -2.46. The SMILES string of the molecule is COC(=O)COC1(c2nc(Br)cn2C)CC2CC1CN2. The summed E-state index contributed by atoms with van der Waals surface area (Å²) in [6, 6.07) is 0.438. The summed E-state index contributed by atoms with van der Waals surface area (Å²) < 4.78 is 13.5. The normalized spacial score (nSPS) is 31.8. The zero-order valence-corrected chi connectivity index (χ0v) is 13.1. The summed E-state index contributed by atoms with van der Waals surface area (Å²) in [5, 5.41) is 3.46. The molecule has 0 radical (unpaired) electrons. The summed E-state index contributed by atoms with van der Waals surface area (Å²) in [5.74, 6) is 0.862. The Kier molecular flexibility index (Phi) is 3.60. The third-order valence-electron chi connectivity index (χ3n) is 4.33. The van der Waals surface area contributed by atoms with E-state index in [9.17, 15) is 4.79 Å². The second kappa shape index (κ2) is 5.13. The van der Waals surface area contributed by atoms with Crippen LogP contribution < -0.4 is 5.32 Å². The van der Waals surface area contributed by atoms with Crippen molar-refractivity contribution in [3.05, 3.63) is 16.6 Å². The summed E-state index contributed by atoms with van der Waals surface area (Å²) in [6.07, 6.45) is 3.82. The highest BCUT2D eigenvalue weighted by Crippen LogP contribution is 2.49. The predicted octanol–water partition coefficient (Wildman–Crippen LogP) is 0.949. The van der Waals surface area contributed by atoms with Gasteiger partial charge in [0.15, 0.2) is 0 Å². The van der Waals surface area contributed by atoms with Gasteiger partial charge in [0.2, 0.25) is 0 Å². The summed E-state index contributed by atoms with van der Waals surface area (Å²) in [5.41, 5.74) is -0.495. The monoisotopic (exact) mass is 343 g/mol. The van der Waals surface area contributed by atoms with Crippen LogP contribution in [0.1, 0.15) is 18.7 Å². The lowest BCUT2D eigenvalue weighted by molar-refractivity contribution is -0.159. The van der Waals surface area contributed by atoms with Crippen molar-refractivity contribution in [1.82, 2.24) is 14.9 Å². The molecule has 2 fully saturated rings. The Hall–Kier alpha value is -0.920. The van der Waals surface area contributed by atoms with Crippen molar-refractivity contribution in [3.63, 3.8) is 0 Å². The molecule has 1 saturated heterocycles. The molecule has 6 nitrogen and oxygen atoms in total. The van der Waals surface area contributed by atoms with E-state index in [0.717, 1.165) is 29.8 Å². The van der Waals surface area contributed by atoms with Crippen LogP contribution in [-0.4, -0.2) is 41.8 Å². The van der Waals surface area contributed by atoms with Crippen molar-refractivity contribution >= 4 is 21.9 Å². The maximum atomic E-state index is 11.4. The first kappa shape index (κ1) is 14.0. The number of methoxy groups -OCH3 is 1. The predicted molar refractivity (Wildman–Crippen MR) is 75.1 cm³/mol. The van der Waals surface area contributed by atoms with E-state index in [1.54, 1.807) is 0 Å². The summed E-state index contributed by atoms with van der Waals surface area (Å²) in [7, 11) is 3.33. The van der Waals surface area contributed by atoms with Crippen molar-refractivity contribution < 1.29 is 14.3 Å². The molecule has 1 aromatic rings. The highest BCUT2D eigenvalue weighted by atomic mass is 79.9. The second-order valence-corrected chi connectivity index (χ2v) is 6.31. The maximum absolute atomic E-state index is 11.4. The number of rotatable bonds is 4. The van der Waals surface area contributed by atoms with Crippen molar-refractivity contribution in [2.75, 3.05) is 20.3 Å². The zero-order chi connectivity index (χ0) is 14.3. The minimum atomic E-state index is -0.495. The maximum Gasteiger partial charge on any atom is 0.331 e. The van der Waals surface area contributed by atoms with Crippen LogP contribution in [0.15, 0.2) is 10.8 Å². The number of carbonyl (C=O) groups is 1. The van der Waals surface area contributed by atoms with Crippen LogP contribution in [0.2, 0.25) is 0 Å². The van der Waals surface area contributed by atoms with Crippen LogP contribution in [-0.2, 0) is 26.9 Å². The summed E-state index contributed by atoms with van der Waals surface area (Å²) >= 11 is 3.41. The highest BCUT2D eigenvalue weighted by molar-refractivity contribution is 9.10. The number of aryl methyl sites for hydroxylation is 1. The Balaban J connectivity index is 1.92. The number of hydrogen-bond acceptors (Lipinski definition) is 5. The number of carbonyl (C=O) groups excluding carboxylic acids is 1. The Morgan fingerprint density at radius 3 is 3.00 bits per heavy atom. The molecule has 0 spiro atoms. The first-order valence-electron chi connectivity index (χ1n) is 6.68. The number of nitrogens with one attached hydrogen (secondary N) is 1. The lowest BCUT2D eigenvalue weighted by atomic mass is 9.88. The molecular formula is C13H18BrN3O3. The molecule has 110 valence electrons. The van der Waals surface area contributed by atoms with Crippen molar-refractivity contribution in [2.24, 2.45) is 13.0 Å². The van der Waals surface area contributed by atoms with Crippen LogP contribution >= 0.6 is 15.9 Å². The Labute approximate surface area is 126 Å². The van der Waals surface area contributed by atoms with E-state index < -0.39 is 5.60 Å². The van der Waals surface area contributed by atoms with Gasteiger partial charge in [0.25, 0.3) is 0 Å². The van der Waals surface area contributed by atoms with Gasteiger partial charge in [-0.1, -0.05) is 0 Å². The number of ether oxygens (including phenoxy) is 2. The number of nitrogens with zero attached hydrogens (tertiary/aromatic N) is 2. The van der Waals surface area contributed by atoms with E-state index >= 15 is 0 Å². The minimum Gasteiger partial charge on any atom is -0.467 e. The smallest absolute Gasteiger partial charge is 0.331 e. The van der Waals surface area contributed by atoms with Crippen LogP contribution in [0.3, 0.4) is 0 Å². The number of hydrogen-bond donors (Lipinski definition) is 1. The fourth-order valence-corrected chi connectivity index (χ4v) is 3.92. The average molecular weight is 344 g/mol. The van der Waals surface area contributed by atoms with Crippen LogP contribution in [0.4, 0.5) is 0 Å². The van der Waals surface area contributed by atoms with Gasteiger partial charge in [-0.15, -0.1) is 0 Å². The van der Waals surface area contributed by atoms with Gasteiger partial charge in [-0.2, -0.15) is 0 Å². The third kappa shape index (κ3) is 2.17. The Morgan fingerprint density at radius 2 is 2.50 bits per heavy atom. The molecule has 1 N–H and O–H groups in total. The largest absolute Gasteiger partial charge is 0.467 e. The first-order valence-corrected chi connectivity index (χ1v) is 7.48. The molecule has 2 bridgehead atoms. The Bertz CT molecular complexity index is 533. The molecule has 1 saturated carbocycles. The number of aromatic nitrogens is 2. The quantitative estimate of drug-likeness (QED) is 0.824. The molecule has 7 heteroatoms. The van der Waals surface area contributed by atoms with Gasteiger partial charge in [-0.25, -0.2) is 9.78 Å². The fraction of sp³-hybridized carbons (Fsp3) is 0.692. The number of halogens is 1. The van der Waals surface area contributed by atoms with E-state index in [1.165, 1.54) is 7.11 Å². The van der Waals surface area contributed by atoms with Crippen LogP contribution in [0.5, 0.6) is 0 Å². The molecule has 3 rings (SSSR count). The lowest BCUT2D eigenvalue weighted by Gasteiger charge is -2.36. The highest BCUT2D eigenvalue weighted by Gasteiger charge is 2.55. The second-order valence-electron chi connectivity index (χ2n) is 5.49. The van der Waals surface area contributed by atoms with Gasteiger partial charge >= 0.3 is 5.97 Å². The van der Waals surface area contributed by atoms with E-state index in [2.05, 4.69) is 26.2 Å². The zero-order valence-electron chi connectivity index (χ0n) is 11.6.